The van der Waals surface area contributed by atoms with Crippen LogP contribution in [0.4, 0.5) is 0 Å². The molecule has 0 saturated carbocycles. The van der Waals surface area contributed by atoms with Crippen LogP contribution in [0, 0.1) is 0 Å². The van der Waals surface area contributed by atoms with Gasteiger partial charge in [-0.15, -0.1) is 10.3 Å². The van der Waals surface area contributed by atoms with Crippen LogP contribution in [0.1, 0.15) is 59.8 Å². The quantitative estimate of drug-likeness (QED) is 0.0926. The van der Waals surface area contributed by atoms with E-state index < -0.39 is 0 Å². The normalized spacial score (nSPS) is 13.2. The van der Waals surface area contributed by atoms with Crippen LogP contribution in [0.15, 0.2) is 10.3 Å². The summed E-state index contributed by atoms with van der Waals surface area (Å²) in [5, 5.41) is 36.8. The van der Waals surface area contributed by atoms with E-state index in [9.17, 15) is 0 Å². The van der Waals surface area contributed by atoms with Gasteiger partial charge < -0.3 is 31.7 Å². The Kier molecular flexibility index (Phi) is 15.1. The van der Waals surface area contributed by atoms with Crippen molar-refractivity contribution in [2.45, 2.75) is 70.9 Å². The largest absolute Gasteiger partial charge is 0.411 e. The summed E-state index contributed by atoms with van der Waals surface area (Å²) < 4.78 is 0. The van der Waals surface area contributed by atoms with Crippen molar-refractivity contribution in [2.24, 2.45) is 10.3 Å². The number of nitrogens with zero attached hydrogens (tertiary/aromatic N) is 2. The molecule has 0 spiro atoms. The summed E-state index contributed by atoms with van der Waals surface area (Å²) in [6.45, 7) is 14.2. The summed E-state index contributed by atoms with van der Waals surface area (Å²) in [5.41, 5.74) is -0.0911. The molecule has 27 heavy (non-hydrogen) atoms. The van der Waals surface area contributed by atoms with Crippen molar-refractivity contribution >= 4 is 12.4 Å². The second-order valence-electron chi connectivity index (χ2n) is 8.19. The Morgan fingerprint density at radius 3 is 1.41 bits per heavy atom. The zero-order chi connectivity index (χ0) is 20.4. The summed E-state index contributed by atoms with van der Waals surface area (Å²) in [4.78, 5) is 0. The van der Waals surface area contributed by atoms with Gasteiger partial charge in [-0.2, -0.15) is 0 Å². The first-order chi connectivity index (χ1) is 12.8. The zero-order valence-electron chi connectivity index (χ0n) is 17.7. The molecule has 160 valence electrons. The molecule has 0 aliphatic rings. The van der Waals surface area contributed by atoms with Gasteiger partial charge in [-0.1, -0.05) is 6.42 Å². The molecule has 6 N–H and O–H groups in total. The van der Waals surface area contributed by atoms with E-state index in [1.807, 2.05) is 0 Å². The Balaban J connectivity index is 3.36. The zero-order valence-corrected chi connectivity index (χ0v) is 17.7. The number of hydrogen-bond acceptors (Lipinski definition) is 8. The van der Waals surface area contributed by atoms with E-state index in [2.05, 4.69) is 59.3 Å². The third-order valence-electron chi connectivity index (χ3n) is 4.38. The molecule has 0 aliphatic carbocycles. The van der Waals surface area contributed by atoms with Gasteiger partial charge in [0.15, 0.2) is 0 Å². The first-order valence-corrected chi connectivity index (χ1v) is 10.1. The number of rotatable bonds is 18. The summed E-state index contributed by atoms with van der Waals surface area (Å²) >= 11 is 0. The second-order valence-corrected chi connectivity index (χ2v) is 8.19. The van der Waals surface area contributed by atoms with Gasteiger partial charge in [0.25, 0.3) is 0 Å². The first-order valence-electron chi connectivity index (χ1n) is 10.1. The van der Waals surface area contributed by atoms with E-state index >= 15 is 0 Å². The highest BCUT2D eigenvalue weighted by Crippen LogP contribution is 2.05. The lowest BCUT2D eigenvalue weighted by Gasteiger charge is -2.24. The summed E-state index contributed by atoms with van der Waals surface area (Å²) in [6.07, 6.45) is 8.07. The SMILES string of the molecule is CC(C)(CC=NO)NCCNCCCCCNCCNC(C)(C)CC=NO. The third-order valence-corrected chi connectivity index (χ3v) is 4.38. The molecule has 0 bridgehead atoms. The van der Waals surface area contributed by atoms with Crippen molar-refractivity contribution in [3.8, 4) is 0 Å². The van der Waals surface area contributed by atoms with Crippen molar-refractivity contribution in [3.63, 3.8) is 0 Å². The molecule has 0 aromatic carbocycles. The third kappa shape index (κ3) is 17.9. The number of nitrogens with one attached hydrogen (secondary N) is 4. The molecule has 8 heteroatoms. The fourth-order valence-electron chi connectivity index (χ4n) is 2.59. The maximum atomic E-state index is 8.47. The van der Waals surface area contributed by atoms with Gasteiger partial charge in [-0.3, -0.25) is 0 Å². The van der Waals surface area contributed by atoms with E-state index in [1.165, 1.54) is 31.7 Å². The first kappa shape index (κ1) is 25.8. The van der Waals surface area contributed by atoms with E-state index in [0.717, 1.165) is 39.3 Å². The molecule has 8 nitrogen and oxygen atoms in total. The van der Waals surface area contributed by atoms with Gasteiger partial charge in [0, 0.05) is 62.5 Å². The molecule has 0 amide bonds. The topological polar surface area (TPSA) is 113 Å². The molecular weight excluding hydrogens is 344 g/mol. The molecule has 0 unspecified atom stereocenters. The maximum Gasteiger partial charge on any atom is 0.0454 e. The smallest absolute Gasteiger partial charge is 0.0454 e. The van der Waals surface area contributed by atoms with Crippen molar-refractivity contribution < 1.29 is 10.4 Å². The number of hydrogen-bond donors (Lipinski definition) is 6. The van der Waals surface area contributed by atoms with E-state index in [4.69, 9.17) is 10.4 Å². The lowest BCUT2D eigenvalue weighted by atomic mass is 10.0. The van der Waals surface area contributed by atoms with E-state index in [0.29, 0.717) is 12.8 Å². The standard InChI is InChI=1S/C19H42N6O2/c1-18(2,8-12-24-26)22-16-14-20-10-6-5-7-11-21-15-17-23-19(3,4)9-13-25-27/h12-13,20-23,26-27H,5-11,14-17H2,1-4H3. The lowest BCUT2D eigenvalue weighted by Crippen LogP contribution is -2.43. The maximum absolute atomic E-state index is 8.47. The minimum Gasteiger partial charge on any atom is -0.411 e. The van der Waals surface area contributed by atoms with Crippen LogP contribution in [0.5, 0.6) is 0 Å². The van der Waals surface area contributed by atoms with Crippen LogP contribution in [-0.4, -0.2) is 73.2 Å². The molecule has 0 aromatic rings. The van der Waals surface area contributed by atoms with Crippen molar-refractivity contribution in [2.75, 3.05) is 39.3 Å². The monoisotopic (exact) mass is 386 g/mol. The Morgan fingerprint density at radius 1 is 0.630 bits per heavy atom. The van der Waals surface area contributed by atoms with Gasteiger partial charge in [0.05, 0.1) is 0 Å². The second kappa shape index (κ2) is 15.8. The minimum absolute atomic E-state index is 0.0456. The predicted octanol–water partition coefficient (Wildman–Crippen LogP) is 1.77. The number of unbranched alkanes of at least 4 members (excludes halogenated alkanes) is 2. The van der Waals surface area contributed by atoms with Crippen molar-refractivity contribution in [1.29, 1.82) is 0 Å². The summed E-state index contributed by atoms with van der Waals surface area (Å²) in [6, 6.07) is 0. The fourth-order valence-corrected chi connectivity index (χ4v) is 2.59. The Labute approximate surface area is 165 Å². The Morgan fingerprint density at radius 2 is 1.04 bits per heavy atom. The molecule has 0 aromatic heterocycles. The number of oxime groups is 2. The predicted molar refractivity (Wildman–Crippen MR) is 114 cm³/mol. The van der Waals surface area contributed by atoms with Gasteiger partial charge >= 0.3 is 0 Å². The highest BCUT2D eigenvalue weighted by molar-refractivity contribution is 5.58. The van der Waals surface area contributed by atoms with E-state index in [-0.39, 0.29) is 11.1 Å². The van der Waals surface area contributed by atoms with Crippen LogP contribution < -0.4 is 21.3 Å². The van der Waals surface area contributed by atoms with Crippen LogP contribution in [0.25, 0.3) is 0 Å². The fraction of sp³-hybridized carbons (Fsp3) is 0.895. The lowest BCUT2D eigenvalue weighted by molar-refractivity contribution is 0.316. The average molecular weight is 387 g/mol. The van der Waals surface area contributed by atoms with E-state index in [1.54, 1.807) is 0 Å². The molecule has 0 heterocycles. The molecule has 0 aliphatic heterocycles. The van der Waals surface area contributed by atoms with Gasteiger partial charge in [0.2, 0.25) is 0 Å². The van der Waals surface area contributed by atoms with Gasteiger partial charge in [-0.05, 0) is 53.6 Å². The van der Waals surface area contributed by atoms with Crippen LogP contribution >= 0.6 is 0 Å². The average Bonchev–Trinajstić information content (AvgIpc) is 2.62. The van der Waals surface area contributed by atoms with Gasteiger partial charge in [-0.25, -0.2) is 0 Å². The van der Waals surface area contributed by atoms with Crippen molar-refractivity contribution in [1.82, 2.24) is 21.3 Å². The molecule has 0 radical (unpaired) electrons. The Hall–Kier alpha value is -1.22. The molecule has 0 fully saturated rings. The van der Waals surface area contributed by atoms with Crippen LogP contribution in [-0.2, 0) is 0 Å². The highest BCUT2D eigenvalue weighted by Gasteiger charge is 2.15. The van der Waals surface area contributed by atoms with Crippen LogP contribution in [0.3, 0.4) is 0 Å². The molecular formula is C19H42N6O2. The molecule has 0 atom stereocenters. The van der Waals surface area contributed by atoms with Crippen molar-refractivity contribution in [3.05, 3.63) is 0 Å². The highest BCUT2D eigenvalue weighted by atomic mass is 16.4. The summed E-state index contributed by atoms with van der Waals surface area (Å²) in [5.74, 6) is 0. The van der Waals surface area contributed by atoms with Crippen LogP contribution in [0.2, 0.25) is 0 Å². The molecule has 0 saturated heterocycles. The molecule has 0 rings (SSSR count). The minimum atomic E-state index is -0.0456. The summed E-state index contributed by atoms with van der Waals surface area (Å²) in [7, 11) is 0. The van der Waals surface area contributed by atoms with Gasteiger partial charge in [0.1, 0.15) is 0 Å². The Bertz CT molecular complexity index is 364.